The maximum atomic E-state index is 16.0. The van der Waals surface area contributed by atoms with Crippen LogP contribution in [0.4, 0.5) is 9.18 Å². The van der Waals surface area contributed by atoms with Gasteiger partial charge in [0.1, 0.15) is 16.1 Å². The molecule has 2 aliphatic rings. The topological polar surface area (TPSA) is 100 Å². The lowest BCUT2D eigenvalue weighted by atomic mass is 10.0. The van der Waals surface area contributed by atoms with E-state index in [1.807, 2.05) is 33.1 Å². The second-order valence-corrected chi connectivity index (χ2v) is 14.4. The third-order valence-corrected chi connectivity index (χ3v) is 10.1. The van der Waals surface area contributed by atoms with E-state index < -0.39 is 17.5 Å². The number of carbonyl (C=O) groups excluding carboxylic acids is 2. The summed E-state index contributed by atoms with van der Waals surface area (Å²) < 4.78 is 24.1. The molecule has 1 aromatic carbocycles. The zero-order valence-corrected chi connectivity index (χ0v) is 28.5. The Kier molecular flexibility index (Phi) is 9.81. The van der Waals surface area contributed by atoms with E-state index >= 15 is 4.39 Å². The Labute approximate surface area is 271 Å². The summed E-state index contributed by atoms with van der Waals surface area (Å²) in [5.41, 5.74) is 2.31. The highest BCUT2D eigenvalue weighted by Crippen LogP contribution is 2.45. The number of nitrogens with zero attached hydrogens (tertiary/aromatic N) is 4. The van der Waals surface area contributed by atoms with Gasteiger partial charge in [0.25, 0.3) is 0 Å². The standard InChI is InChI=1S/C33H41BrFN5O3S/c1-6-21(13-15-37-32(42)43-33(2,3)4)40-25(24-10-8-16-39(24)31(41)19-11-12-19)18-23-29(40)22-17-20(9-7-14-36)26(34)27(35)28(22)38-30(23)44-5/h17-19,21,24H,6-13,15-16H2,1-5H3,(H,37,42). The van der Waals surface area contributed by atoms with Gasteiger partial charge in [0, 0.05) is 47.9 Å². The SMILES string of the molecule is CCC(CCNC(=O)OC(C)(C)C)n1c(C2CCCN2C(=O)C2CC2)cc2c(SC)nc3c(F)c(Br)c(CCC#N)cc3c21. The third kappa shape index (κ3) is 6.57. The Morgan fingerprint density at radius 1 is 1.27 bits per heavy atom. The van der Waals surface area contributed by atoms with Crippen molar-refractivity contribution in [2.24, 2.45) is 5.92 Å². The molecule has 2 unspecified atom stereocenters. The van der Waals surface area contributed by atoms with E-state index in [2.05, 4.69) is 49.8 Å². The number of hydrogen-bond acceptors (Lipinski definition) is 6. The third-order valence-electron chi connectivity index (χ3n) is 8.51. The van der Waals surface area contributed by atoms with Gasteiger partial charge in [0.05, 0.1) is 22.1 Å². The minimum absolute atomic E-state index is 0.0505. The summed E-state index contributed by atoms with van der Waals surface area (Å²) in [4.78, 5) is 32.8. The fraction of sp³-hybridized carbons (Fsp3) is 0.576. The largest absolute Gasteiger partial charge is 0.444 e. The molecule has 0 bridgehead atoms. The van der Waals surface area contributed by atoms with E-state index in [-0.39, 0.29) is 35.8 Å². The van der Waals surface area contributed by atoms with Crippen LogP contribution in [0.3, 0.4) is 0 Å². The first-order valence-electron chi connectivity index (χ1n) is 15.5. The number of benzene rings is 1. The van der Waals surface area contributed by atoms with Crippen molar-refractivity contribution in [2.45, 2.75) is 102 Å². The minimum Gasteiger partial charge on any atom is -0.444 e. The number of aryl methyl sites for hydroxylation is 1. The van der Waals surface area contributed by atoms with Crippen LogP contribution in [0, 0.1) is 23.1 Å². The summed E-state index contributed by atoms with van der Waals surface area (Å²) in [5.74, 6) is -0.0920. The molecule has 2 fully saturated rings. The number of nitriles is 1. The zero-order chi connectivity index (χ0) is 31.8. The first-order chi connectivity index (χ1) is 21.0. The van der Waals surface area contributed by atoms with Crippen molar-refractivity contribution in [1.29, 1.82) is 5.26 Å². The Balaban J connectivity index is 1.69. The maximum absolute atomic E-state index is 16.0. The number of amides is 2. The molecule has 1 saturated heterocycles. The van der Waals surface area contributed by atoms with Gasteiger partial charge in [-0.3, -0.25) is 4.79 Å². The molecular formula is C33H41BrFN5O3S. The number of aromatic nitrogens is 2. The maximum Gasteiger partial charge on any atom is 0.407 e. The van der Waals surface area contributed by atoms with Crippen molar-refractivity contribution >= 4 is 61.5 Å². The molecular weight excluding hydrogens is 645 g/mol. The number of alkyl carbamates (subject to hydrolysis) is 1. The molecule has 1 N–H and O–H groups in total. The van der Waals surface area contributed by atoms with Gasteiger partial charge in [-0.2, -0.15) is 5.26 Å². The molecule has 2 aromatic heterocycles. The number of pyridine rings is 1. The van der Waals surface area contributed by atoms with Crippen LogP contribution >= 0.6 is 27.7 Å². The van der Waals surface area contributed by atoms with Crippen LogP contribution in [0.2, 0.25) is 0 Å². The van der Waals surface area contributed by atoms with Gasteiger partial charge in [-0.05, 0) is 106 Å². The van der Waals surface area contributed by atoms with Gasteiger partial charge >= 0.3 is 6.09 Å². The minimum atomic E-state index is -0.597. The van der Waals surface area contributed by atoms with Gasteiger partial charge in [-0.25, -0.2) is 14.2 Å². The van der Waals surface area contributed by atoms with Crippen LogP contribution in [0.1, 0.15) is 96.0 Å². The molecule has 2 atom stereocenters. The number of fused-ring (bicyclic) bond motifs is 3. The number of likely N-dealkylation sites (tertiary alicyclic amines) is 1. The number of hydrogen-bond donors (Lipinski definition) is 1. The zero-order valence-electron chi connectivity index (χ0n) is 26.1. The van der Waals surface area contributed by atoms with E-state index in [1.54, 1.807) is 0 Å². The molecule has 3 aromatic rings. The molecule has 5 rings (SSSR count). The Bertz CT molecular complexity index is 1620. The monoisotopic (exact) mass is 685 g/mol. The van der Waals surface area contributed by atoms with Crippen LogP contribution in [-0.2, 0) is 16.0 Å². The van der Waals surface area contributed by atoms with Crippen LogP contribution in [0.5, 0.6) is 0 Å². The molecule has 0 radical (unpaired) electrons. The van der Waals surface area contributed by atoms with Crippen molar-refractivity contribution in [1.82, 2.24) is 19.8 Å². The van der Waals surface area contributed by atoms with Crippen molar-refractivity contribution in [2.75, 3.05) is 19.3 Å². The van der Waals surface area contributed by atoms with Gasteiger partial charge in [-0.1, -0.05) is 6.92 Å². The lowest BCUT2D eigenvalue weighted by molar-refractivity contribution is -0.133. The summed E-state index contributed by atoms with van der Waals surface area (Å²) in [5, 5.41) is 14.5. The number of rotatable bonds is 10. The summed E-state index contributed by atoms with van der Waals surface area (Å²) >= 11 is 4.91. The summed E-state index contributed by atoms with van der Waals surface area (Å²) in [6.07, 6.45) is 7.21. The normalized spacial score (nSPS) is 17.7. The molecule has 0 spiro atoms. The smallest absolute Gasteiger partial charge is 0.407 e. The van der Waals surface area contributed by atoms with Crippen molar-refractivity contribution in [3.63, 3.8) is 0 Å². The molecule has 3 heterocycles. The highest BCUT2D eigenvalue weighted by Gasteiger charge is 2.40. The Morgan fingerprint density at radius 3 is 2.66 bits per heavy atom. The van der Waals surface area contributed by atoms with Crippen LogP contribution in [-0.4, -0.2) is 51.4 Å². The Hall–Kier alpha value is -2.84. The summed E-state index contributed by atoms with van der Waals surface area (Å²) in [6, 6.07) is 6.16. The number of carbonyl (C=O) groups is 2. The Morgan fingerprint density at radius 2 is 2.02 bits per heavy atom. The highest BCUT2D eigenvalue weighted by atomic mass is 79.9. The second-order valence-electron chi connectivity index (χ2n) is 12.8. The number of ether oxygens (including phenoxy) is 1. The molecule has 1 aliphatic carbocycles. The molecule has 11 heteroatoms. The van der Waals surface area contributed by atoms with E-state index in [9.17, 15) is 14.9 Å². The first kappa shape index (κ1) is 32.6. The van der Waals surface area contributed by atoms with Gasteiger partial charge in [0.15, 0.2) is 5.82 Å². The molecule has 236 valence electrons. The number of thioether (sulfide) groups is 1. The molecule has 8 nitrogen and oxygen atoms in total. The van der Waals surface area contributed by atoms with E-state index in [4.69, 9.17) is 9.72 Å². The number of halogens is 2. The quantitative estimate of drug-likeness (QED) is 0.216. The van der Waals surface area contributed by atoms with E-state index in [1.165, 1.54) is 11.8 Å². The predicted octanol–water partition coefficient (Wildman–Crippen LogP) is 8.21. The fourth-order valence-electron chi connectivity index (χ4n) is 6.36. The number of nitrogens with one attached hydrogen (secondary N) is 1. The molecule has 2 amide bonds. The van der Waals surface area contributed by atoms with Crippen molar-refractivity contribution < 1.29 is 18.7 Å². The summed E-state index contributed by atoms with van der Waals surface area (Å²) in [6.45, 7) is 8.74. The average Bonchev–Trinajstić information content (AvgIpc) is 3.58. The van der Waals surface area contributed by atoms with Gasteiger partial charge in [0.2, 0.25) is 5.91 Å². The summed E-state index contributed by atoms with van der Waals surface area (Å²) in [7, 11) is 0. The van der Waals surface area contributed by atoms with Crippen molar-refractivity contribution in [3.05, 3.63) is 33.7 Å². The van der Waals surface area contributed by atoms with Crippen molar-refractivity contribution in [3.8, 4) is 6.07 Å². The first-order valence-corrected chi connectivity index (χ1v) is 17.5. The molecule has 1 aliphatic heterocycles. The van der Waals surface area contributed by atoms with E-state index in [0.29, 0.717) is 29.2 Å². The highest BCUT2D eigenvalue weighted by molar-refractivity contribution is 9.10. The molecule has 1 saturated carbocycles. The van der Waals surface area contributed by atoms with Gasteiger partial charge < -0.3 is 19.5 Å². The van der Waals surface area contributed by atoms with Crippen LogP contribution < -0.4 is 5.32 Å². The van der Waals surface area contributed by atoms with Gasteiger partial charge in [-0.15, -0.1) is 11.8 Å². The van der Waals surface area contributed by atoms with E-state index in [0.717, 1.165) is 65.8 Å². The molecule has 44 heavy (non-hydrogen) atoms. The second kappa shape index (κ2) is 13.3. The lowest BCUT2D eigenvalue weighted by Crippen LogP contribution is -2.34. The predicted molar refractivity (Wildman–Crippen MR) is 175 cm³/mol. The average molecular weight is 687 g/mol. The fourth-order valence-corrected chi connectivity index (χ4v) is 7.41. The van der Waals surface area contributed by atoms with Crippen LogP contribution in [0.25, 0.3) is 21.8 Å². The van der Waals surface area contributed by atoms with Crippen LogP contribution in [0.15, 0.2) is 21.6 Å². The lowest BCUT2D eigenvalue weighted by Gasteiger charge is -2.30.